The van der Waals surface area contributed by atoms with Gasteiger partial charge in [-0.1, -0.05) is 24.4 Å². The molecule has 1 aliphatic heterocycles. The number of hydrogen-bond donors (Lipinski definition) is 1. The minimum atomic E-state index is 0.376. The summed E-state index contributed by atoms with van der Waals surface area (Å²) in [7, 11) is 2.14. The molecule has 1 atom stereocenters. The second-order valence-corrected chi connectivity index (χ2v) is 5.50. The summed E-state index contributed by atoms with van der Waals surface area (Å²) in [5, 5.41) is 0. The number of para-hydroxylation sites is 1. The number of nitrogens with two attached hydrogens (primary N) is 1. The van der Waals surface area contributed by atoms with Gasteiger partial charge in [-0.2, -0.15) is 0 Å². The quantitative estimate of drug-likeness (QED) is 0.614. The zero-order chi connectivity index (χ0) is 14.4. The monoisotopic (exact) mass is 294 g/mol. The third-order valence-electron chi connectivity index (χ3n) is 3.59. The van der Waals surface area contributed by atoms with Crippen LogP contribution in [0.15, 0.2) is 24.3 Å². The average Bonchev–Trinajstić information content (AvgIpc) is 2.98. The molecule has 1 saturated heterocycles. The fourth-order valence-electron chi connectivity index (χ4n) is 2.34. The van der Waals surface area contributed by atoms with Gasteiger partial charge in [0.2, 0.25) is 0 Å². The molecule has 110 valence electrons. The van der Waals surface area contributed by atoms with Crippen LogP contribution in [0.4, 0.5) is 0 Å². The smallest absolute Gasteiger partial charge is 0.129 e. The lowest BCUT2D eigenvalue weighted by Gasteiger charge is -2.22. The lowest BCUT2D eigenvalue weighted by atomic mass is 10.2. The van der Waals surface area contributed by atoms with Gasteiger partial charge in [0.15, 0.2) is 0 Å². The zero-order valence-electron chi connectivity index (χ0n) is 11.9. The second kappa shape index (κ2) is 7.57. The summed E-state index contributed by atoms with van der Waals surface area (Å²) in [6.07, 6.45) is 2.10. The molecule has 1 heterocycles. The molecule has 1 fully saturated rings. The molecule has 1 unspecified atom stereocenters. The number of hydrogen-bond acceptors (Lipinski definition) is 4. The lowest BCUT2D eigenvalue weighted by Crippen LogP contribution is -2.33. The fraction of sp³-hybridized carbons (Fsp3) is 0.533. The lowest BCUT2D eigenvalue weighted by molar-refractivity contribution is 0.154. The van der Waals surface area contributed by atoms with Crippen LogP contribution in [0, 0.1) is 0 Å². The summed E-state index contributed by atoms with van der Waals surface area (Å²) in [6, 6.07) is 8.19. The standard InChI is InChI=1S/C15H22N2O2S/c1-17(12-7-10-18-11-12)8-4-9-19-14-6-3-2-5-13(14)15(16)20/h2-3,5-6,12H,4,7-11H2,1H3,(H2,16,20). The molecule has 0 aromatic heterocycles. The maximum atomic E-state index is 5.79. The molecule has 0 bridgehead atoms. The highest BCUT2D eigenvalue weighted by atomic mass is 32.1. The zero-order valence-corrected chi connectivity index (χ0v) is 12.7. The maximum Gasteiger partial charge on any atom is 0.129 e. The first-order valence-corrected chi connectivity index (χ1v) is 7.39. The van der Waals surface area contributed by atoms with Crippen molar-refractivity contribution in [3.8, 4) is 5.75 Å². The van der Waals surface area contributed by atoms with E-state index in [0.717, 1.165) is 43.9 Å². The highest BCUT2D eigenvalue weighted by molar-refractivity contribution is 7.80. The Balaban J connectivity index is 1.74. The van der Waals surface area contributed by atoms with Crippen LogP contribution < -0.4 is 10.5 Å². The van der Waals surface area contributed by atoms with Crippen LogP contribution in [-0.4, -0.2) is 49.3 Å². The molecule has 4 nitrogen and oxygen atoms in total. The van der Waals surface area contributed by atoms with E-state index in [1.165, 1.54) is 0 Å². The summed E-state index contributed by atoms with van der Waals surface area (Å²) in [5.74, 6) is 0.770. The number of benzene rings is 1. The largest absolute Gasteiger partial charge is 0.493 e. The Morgan fingerprint density at radius 2 is 2.30 bits per heavy atom. The molecular formula is C15H22N2O2S. The Labute approximate surface area is 125 Å². The van der Waals surface area contributed by atoms with Gasteiger partial charge < -0.3 is 20.1 Å². The first-order valence-electron chi connectivity index (χ1n) is 6.98. The molecule has 0 amide bonds. The van der Waals surface area contributed by atoms with Crippen LogP contribution in [0.1, 0.15) is 18.4 Å². The van der Waals surface area contributed by atoms with Crippen molar-refractivity contribution in [2.75, 3.05) is 33.4 Å². The van der Waals surface area contributed by atoms with E-state index in [-0.39, 0.29) is 0 Å². The number of nitrogens with zero attached hydrogens (tertiary/aromatic N) is 1. The van der Waals surface area contributed by atoms with Crippen molar-refractivity contribution in [3.63, 3.8) is 0 Å². The number of likely N-dealkylation sites (N-methyl/N-ethyl adjacent to an activating group) is 1. The highest BCUT2D eigenvalue weighted by Gasteiger charge is 2.19. The van der Waals surface area contributed by atoms with Crippen molar-refractivity contribution in [1.29, 1.82) is 0 Å². The molecule has 5 heteroatoms. The van der Waals surface area contributed by atoms with Gasteiger partial charge in [0.25, 0.3) is 0 Å². The summed E-state index contributed by atoms with van der Waals surface area (Å²) in [6.45, 7) is 3.40. The third kappa shape index (κ3) is 4.16. The minimum Gasteiger partial charge on any atom is -0.493 e. The van der Waals surface area contributed by atoms with Crippen molar-refractivity contribution < 1.29 is 9.47 Å². The van der Waals surface area contributed by atoms with Crippen LogP contribution in [0.3, 0.4) is 0 Å². The second-order valence-electron chi connectivity index (χ2n) is 5.06. The van der Waals surface area contributed by atoms with E-state index in [4.69, 9.17) is 27.4 Å². The molecule has 1 aromatic carbocycles. The molecule has 1 aliphatic rings. The molecular weight excluding hydrogens is 272 g/mol. The van der Waals surface area contributed by atoms with Gasteiger partial charge in [-0.3, -0.25) is 0 Å². The molecule has 1 aromatic rings. The van der Waals surface area contributed by atoms with Crippen molar-refractivity contribution in [1.82, 2.24) is 4.90 Å². The van der Waals surface area contributed by atoms with E-state index in [9.17, 15) is 0 Å². The van der Waals surface area contributed by atoms with Gasteiger partial charge in [-0.05, 0) is 32.0 Å². The Morgan fingerprint density at radius 3 is 3.00 bits per heavy atom. The van der Waals surface area contributed by atoms with Crippen LogP contribution in [0.2, 0.25) is 0 Å². The summed E-state index contributed by atoms with van der Waals surface area (Å²) >= 11 is 5.02. The molecule has 0 saturated carbocycles. The van der Waals surface area contributed by atoms with Crippen molar-refractivity contribution in [2.24, 2.45) is 5.73 Å². The van der Waals surface area contributed by atoms with E-state index in [2.05, 4.69) is 11.9 Å². The van der Waals surface area contributed by atoms with E-state index < -0.39 is 0 Å². The Hall–Kier alpha value is -1.17. The summed E-state index contributed by atoms with van der Waals surface area (Å²) in [5.41, 5.74) is 6.48. The molecule has 0 aliphatic carbocycles. The topological polar surface area (TPSA) is 47.7 Å². The third-order valence-corrected chi connectivity index (χ3v) is 3.81. The Morgan fingerprint density at radius 1 is 1.50 bits per heavy atom. The van der Waals surface area contributed by atoms with Gasteiger partial charge in [0.05, 0.1) is 18.8 Å². The molecule has 20 heavy (non-hydrogen) atoms. The van der Waals surface area contributed by atoms with E-state index in [0.29, 0.717) is 17.6 Å². The van der Waals surface area contributed by atoms with Crippen molar-refractivity contribution in [2.45, 2.75) is 18.9 Å². The normalized spacial score (nSPS) is 18.4. The van der Waals surface area contributed by atoms with E-state index >= 15 is 0 Å². The fourth-order valence-corrected chi connectivity index (χ4v) is 2.51. The predicted octanol–water partition coefficient (Wildman–Crippen LogP) is 1.81. The van der Waals surface area contributed by atoms with Crippen LogP contribution in [0.25, 0.3) is 0 Å². The van der Waals surface area contributed by atoms with Crippen molar-refractivity contribution >= 4 is 17.2 Å². The van der Waals surface area contributed by atoms with Crippen molar-refractivity contribution in [3.05, 3.63) is 29.8 Å². The van der Waals surface area contributed by atoms with Crippen LogP contribution >= 0.6 is 12.2 Å². The SMILES string of the molecule is CN(CCCOc1ccccc1C(N)=S)C1CCOC1. The predicted molar refractivity (Wildman–Crippen MR) is 84.3 cm³/mol. The first-order chi connectivity index (χ1) is 9.68. The summed E-state index contributed by atoms with van der Waals surface area (Å²) < 4.78 is 11.2. The Kier molecular flexibility index (Phi) is 5.76. The average molecular weight is 294 g/mol. The highest BCUT2D eigenvalue weighted by Crippen LogP contribution is 2.18. The number of ether oxygens (including phenoxy) is 2. The molecule has 2 rings (SSSR count). The number of thiocarbonyl (C=S) groups is 1. The van der Waals surface area contributed by atoms with Gasteiger partial charge in [0, 0.05) is 19.2 Å². The first kappa shape index (κ1) is 15.2. The van der Waals surface area contributed by atoms with E-state index in [1.807, 2.05) is 24.3 Å². The molecule has 2 N–H and O–H groups in total. The molecule has 0 spiro atoms. The van der Waals surface area contributed by atoms with Gasteiger partial charge in [0.1, 0.15) is 10.7 Å². The maximum absolute atomic E-state index is 5.79. The number of rotatable bonds is 7. The Bertz CT molecular complexity index is 447. The van der Waals surface area contributed by atoms with Gasteiger partial charge in [-0.15, -0.1) is 0 Å². The van der Waals surface area contributed by atoms with Crippen LogP contribution in [0.5, 0.6) is 5.75 Å². The van der Waals surface area contributed by atoms with Gasteiger partial charge in [-0.25, -0.2) is 0 Å². The van der Waals surface area contributed by atoms with E-state index in [1.54, 1.807) is 0 Å². The summed E-state index contributed by atoms with van der Waals surface area (Å²) in [4.78, 5) is 2.72. The minimum absolute atomic E-state index is 0.376. The van der Waals surface area contributed by atoms with Crippen LogP contribution in [-0.2, 0) is 4.74 Å². The van der Waals surface area contributed by atoms with Gasteiger partial charge >= 0.3 is 0 Å². The molecule has 0 radical (unpaired) electrons.